The van der Waals surface area contributed by atoms with Gasteiger partial charge in [0.15, 0.2) is 0 Å². The molecule has 0 spiro atoms. The molecule has 1 unspecified atom stereocenters. The van der Waals surface area contributed by atoms with Gasteiger partial charge in [0.25, 0.3) is 0 Å². The number of nitrogens with one attached hydrogen (secondary N) is 1. The van der Waals surface area contributed by atoms with Crippen LogP contribution in [0.2, 0.25) is 0 Å². The summed E-state index contributed by atoms with van der Waals surface area (Å²) >= 11 is 0. The molecule has 0 saturated heterocycles. The van der Waals surface area contributed by atoms with Crippen molar-refractivity contribution in [3.8, 4) is 0 Å². The number of aromatic nitrogens is 5. The zero-order chi connectivity index (χ0) is 12.1. The van der Waals surface area contributed by atoms with E-state index in [-0.39, 0.29) is 0 Å². The van der Waals surface area contributed by atoms with Crippen molar-refractivity contribution in [3.63, 3.8) is 0 Å². The summed E-state index contributed by atoms with van der Waals surface area (Å²) in [5.41, 5.74) is 1.20. The van der Waals surface area contributed by atoms with Gasteiger partial charge in [-0.2, -0.15) is 5.10 Å². The van der Waals surface area contributed by atoms with Gasteiger partial charge in [-0.1, -0.05) is 5.21 Å². The van der Waals surface area contributed by atoms with Crippen LogP contribution in [-0.4, -0.2) is 31.3 Å². The molecule has 0 aliphatic heterocycles. The summed E-state index contributed by atoms with van der Waals surface area (Å²) in [6, 6.07) is 2.35. The van der Waals surface area contributed by atoms with E-state index in [4.69, 9.17) is 0 Å². The Balaban J connectivity index is 1.70. The second-order valence-corrected chi connectivity index (χ2v) is 4.08. The molecule has 0 amide bonds. The number of rotatable bonds is 6. The third-order valence-electron chi connectivity index (χ3n) is 2.79. The number of nitrogens with zero attached hydrogens (tertiary/aromatic N) is 5. The maximum atomic E-state index is 4.16. The predicted molar refractivity (Wildman–Crippen MR) is 64.3 cm³/mol. The van der Waals surface area contributed by atoms with Crippen LogP contribution in [0.1, 0.15) is 25.1 Å². The van der Waals surface area contributed by atoms with E-state index in [0.29, 0.717) is 6.04 Å². The molecule has 2 aromatic rings. The van der Waals surface area contributed by atoms with E-state index in [1.165, 1.54) is 5.69 Å². The molecule has 17 heavy (non-hydrogen) atoms. The van der Waals surface area contributed by atoms with Crippen molar-refractivity contribution in [2.75, 3.05) is 6.54 Å². The molecule has 0 radical (unpaired) electrons. The Kier molecular flexibility index (Phi) is 3.87. The van der Waals surface area contributed by atoms with E-state index in [2.05, 4.69) is 27.7 Å². The van der Waals surface area contributed by atoms with Gasteiger partial charge in [0.05, 0.1) is 11.9 Å². The van der Waals surface area contributed by atoms with Crippen LogP contribution in [0.25, 0.3) is 0 Å². The average Bonchev–Trinajstić information content (AvgIpc) is 2.95. The fourth-order valence-corrected chi connectivity index (χ4v) is 1.83. The Hall–Kier alpha value is -1.69. The first kappa shape index (κ1) is 11.8. The zero-order valence-corrected chi connectivity index (χ0v) is 10.2. The van der Waals surface area contributed by atoms with Crippen molar-refractivity contribution in [2.45, 2.75) is 25.9 Å². The molecule has 2 heterocycles. The molecule has 92 valence electrons. The minimum atomic E-state index is 0.318. The summed E-state index contributed by atoms with van der Waals surface area (Å²) in [7, 11) is 1.96. The summed E-state index contributed by atoms with van der Waals surface area (Å²) in [6.45, 7) is 3.99. The second-order valence-electron chi connectivity index (χ2n) is 4.08. The molecular weight excluding hydrogens is 216 g/mol. The van der Waals surface area contributed by atoms with Gasteiger partial charge in [-0.25, -0.2) is 0 Å². The molecule has 0 bridgehead atoms. The zero-order valence-electron chi connectivity index (χ0n) is 10.2. The van der Waals surface area contributed by atoms with E-state index < -0.39 is 0 Å². The van der Waals surface area contributed by atoms with E-state index in [9.17, 15) is 0 Å². The molecule has 0 saturated carbocycles. The van der Waals surface area contributed by atoms with Crippen molar-refractivity contribution >= 4 is 0 Å². The molecule has 1 atom stereocenters. The maximum Gasteiger partial charge on any atom is 0.0692 e. The molecule has 6 nitrogen and oxygen atoms in total. The van der Waals surface area contributed by atoms with Crippen LogP contribution in [0.3, 0.4) is 0 Å². The van der Waals surface area contributed by atoms with Gasteiger partial charge in [0.1, 0.15) is 0 Å². The summed E-state index contributed by atoms with van der Waals surface area (Å²) in [5.74, 6) is 0. The normalized spacial score (nSPS) is 12.8. The summed E-state index contributed by atoms with van der Waals surface area (Å²) in [6.07, 6.45) is 6.44. The molecule has 2 rings (SSSR count). The first-order chi connectivity index (χ1) is 8.27. The quantitative estimate of drug-likeness (QED) is 0.749. The average molecular weight is 234 g/mol. The lowest BCUT2D eigenvalue weighted by atomic mass is 10.2. The summed E-state index contributed by atoms with van der Waals surface area (Å²) in [4.78, 5) is 0. The van der Waals surface area contributed by atoms with Crippen molar-refractivity contribution in [2.24, 2.45) is 7.05 Å². The Morgan fingerprint density at radius 2 is 2.29 bits per heavy atom. The van der Waals surface area contributed by atoms with Crippen LogP contribution in [-0.2, 0) is 13.6 Å². The molecule has 0 aliphatic rings. The minimum absolute atomic E-state index is 0.318. The lowest BCUT2D eigenvalue weighted by Crippen LogP contribution is -2.23. The largest absolute Gasteiger partial charge is 0.309 e. The van der Waals surface area contributed by atoms with Gasteiger partial charge in [0.2, 0.25) is 0 Å². The van der Waals surface area contributed by atoms with Gasteiger partial charge in [0, 0.05) is 32.0 Å². The second kappa shape index (κ2) is 5.58. The van der Waals surface area contributed by atoms with Gasteiger partial charge in [-0.15, -0.1) is 5.10 Å². The Labute approximate surface area is 101 Å². The highest BCUT2D eigenvalue weighted by atomic mass is 15.4. The SMILES string of the molecule is CC(NCCCn1ccnn1)c1ccnn1C. The van der Waals surface area contributed by atoms with Crippen molar-refractivity contribution in [3.05, 3.63) is 30.4 Å². The minimum Gasteiger partial charge on any atom is -0.309 e. The fourth-order valence-electron chi connectivity index (χ4n) is 1.83. The Morgan fingerprint density at radius 1 is 1.41 bits per heavy atom. The third kappa shape index (κ3) is 3.13. The highest BCUT2D eigenvalue weighted by Crippen LogP contribution is 2.09. The standard InChI is InChI=1S/C11H18N6/c1-10(11-4-6-14-16(11)2)12-5-3-8-17-9-7-13-15-17/h4,6-7,9-10,12H,3,5,8H2,1-2H3. The van der Waals surface area contributed by atoms with Crippen LogP contribution in [0.15, 0.2) is 24.7 Å². The smallest absolute Gasteiger partial charge is 0.0692 e. The Morgan fingerprint density at radius 3 is 2.94 bits per heavy atom. The first-order valence-electron chi connectivity index (χ1n) is 5.83. The van der Waals surface area contributed by atoms with Crippen LogP contribution < -0.4 is 5.32 Å². The van der Waals surface area contributed by atoms with Crippen LogP contribution in [0.5, 0.6) is 0 Å². The fraction of sp³-hybridized carbons (Fsp3) is 0.545. The molecule has 0 aliphatic carbocycles. The van der Waals surface area contributed by atoms with Crippen LogP contribution in [0.4, 0.5) is 0 Å². The van der Waals surface area contributed by atoms with Crippen molar-refractivity contribution < 1.29 is 0 Å². The van der Waals surface area contributed by atoms with E-state index in [0.717, 1.165) is 19.5 Å². The predicted octanol–water partition coefficient (Wildman–Crippen LogP) is 0.752. The molecule has 1 N–H and O–H groups in total. The highest BCUT2D eigenvalue weighted by Gasteiger charge is 2.07. The van der Waals surface area contributed by atoms with Gasteiger partial charge in [-0.3, -0.25) is 9.36 Å². The molecule has 2 aromatic heterocycles. The first-order valence-corrected chi connectivity index (χ1v) is 5.83. The lowest BCUT2D eigenvalue weighted by Gasteiger charge is -2.13. The third-order valence-corrected chi connectivity index (χ3v) is 2.79. The topological polar surface area (TPSA) is 60.6 Å². The van der Waals surface area contributed by atoms with Gasteiger partial charge < -0.3 is 5.32 Å². The number of aryl methyl sites for hydroxylation is 2. The van der Waals surface area contributed by atoms with Gasteiger partial charge in [-0.05, 0) is 26.0 Å². The van der Waals surface area contributed by atoms with Crippen molar-refractivity contribution in [1.82, 2.24) is 30.1 Å². The van der Waals surface area contributed by atoms with Crippen LogP contribution in [0, 0.1) is 0 Å². The number of hydrogen-bond donors (Lipinski definition) is 1. The van der Waals surface area contributed by atoms with Crippen LogP contribution >= 0.6 is 0 Å². The Bertz CT molecular complexity index is 433. The van der Waals surface area contributed by atoms with E-state index in [1.54, 1.807) is 6.20 Å². The maximum absolute atomic E-state index is 4.16. The number of hydrogen-bond acceptors (Lipinski definition) is 4. The van der Waals surface area contributed by atoms with E-state index >= 15 is 0 Å². The monoisotopic (exact) mass is 234 g/mol. The lowest BCUT2D eigenvalue weighted by molar-refractivity contribution is 0.483. The molecule has 6 heteroatoms. The summed E-state index contributed by atoms with van der Waals surface area (Å²) in [5, 5.41) is 15.3. The molecule has 0 aromatic carbocycles. The van der Waals surface area contributed by atoms with E-state index in [1.807, 2.05) is 34.9 Å². The van der Waals surface area contributed by atoms with Crippen molar-refractivity contribution in [1.29, 1.82) is 0 Å². The summed E-state index contributed by atoms with van der Waals surface area (Å²) < 4.78 is 3.74. The molecule has 0 fully saturated rings. The molecular formula is C11H18N6. The highest BCUT2D eigenvalue weighted by molar-refractivity contribution is 5.04. The van der Waals surface area contributed by atoms with Gasteiger partial charge >= 0.3 is 0 Å².